The Morgan fingerprint density at radius 1 is 1.14 bits per heavy atom. The lowest BCUT2D eigenvalue weighted by Crippen LogP contribution is -2.45. The lowest BCUT2D eigenvalue weighted by molar-refractivity contribution is 0.0115. The van der Waals surface area contributed by atoms with Crippen LogP contribution in [0, 0.1) is 5.92 Å². The average Bonchev–Trinajstić information content (AvgIpc) is 3.42. The zero-order valence-corrected chi connectivity index (χ0v) is 20.9. The molecule has 2 aromatic heterocycles. The highest BCUT2D eigenvalue weighted by atomic mass is 19.3. The highest BCUT2D eigenvalue weighted by molar-refractivity contribution is 6.05. The quantitative estimate of drug-likeness (QED) is 0.510. The predicted octanol–water partition coefficient (Wildman–Crippen LogP) is 4.32. The number of nitrogens with one attached hydrogen (secondary N) is 2. The van der Waals surface area contributed by atoms with Crippen LogP contribution in [0.5, 0.6) is 0 Å². The molecule has 7 nitrogen and oxygen atoms in total. The Kier molecular flexibility index (Phi) is 7.03. The predicted molar refractivity (Wildman–Crippen MR) is 136 cm³/mol. The first-order valence-corrected chi connectivity index (χ1v) is 12.8. The highest BCUT2D eigenvalue weighted by Gasteiger charge is 2.37. The first-order chi connectivity index (χ1) is 17.3. The van der Waals surface area contributed by atoms with Crippen LogP contribution in [0.15, 0.2) is 36.7 Å². The number of pyridine rings is 1. The van der Waals surface area contributed by atoms with Crippen LogP contribution in [0.3, 0.4) is 0 Å². The van der Waals surface area contributed by atoms with Gasteiger partial charge in [-0.25, -0.2) is 8.78 Å². The third-order valence-electron chi connectivity index (χ3n) is 7.11. The van der Waals surface area contributed by atoms with E-state index in [2.05, 4.69) is 39.2 Å². The molecule has 36 heavy (non-hydrogen) atoms. The number of nitrogens with zero attached hydrogens (tertiary/aromatic N) is 4. The molecule has 0 atom stereocenters. The van der Waals surface area contributed by atoms with Gasteiger partial charge in [0.25, 0.3) is 11.8 Å². The van der Waals surface area contributed by atoms with Crippen molar-refractivity contribution in [1.82, 2.24) is 30.3 Å². The minimum absolute atomic E-state index is 0.0980. The maximum absolute atomic E-state index is 13.6. The van der Waals surface area contributed by atoms with E-state index in [1.165, 1.54) is 0 Å². The van der Waals surface area contributed by atoms with E-state index >= 15 is 0 Å². The number of benzene rings is 1. The summed E-state index contributed by atoms with van der Waals surface area (Å²) in [5, 5.41) is 11.2. The van der Waals surface area contributed by atoms with Crippen LogP contribution in [-0.2, 0) is 6.54 Å². The molecule has 2 N–H and O–H groups in total. The summed E-state index contributed by atoms with van der Waals surface area (Å²) in [6, 6.07) is 7.94. The first-order valence-electron chi connectivity index (χ1n) is 12.8. The van der Waals surface area contributed by atoms with Crippen molar-refractivity contribution >= 4 is 16.8 Å². The fourth-order valence-corrected chi connectivity index (χ4v) is 5.33. The third-order valence-corrected chi connectivity index (χ3v) is 7.11. The number of rotatable bonds is 7. The molecule has 0 spiro atoms. The van der Waals surface area contributed by atoms with Crippen LogP contribution < -0.4 is 5.32 Å². The van der Waals surface area contributed by atoms with E-state index in [1.807, 2.05) is 24.3 Å². The Balaban J connectivity index is 1.28. The number of aromatic amines is 1. The lowest BCUT2D eigenvalue weighted by Gasteiger charge is -2.33. The van der Waals surface area contributed by atoms with Crippen molar-refractivity contribution in [2.45, 2.75) is 51.6 Å². The van der Waals surface area contributed by atoms with Crippen LogP contribution in [0.4, 0.5) is 8.78 Å². The van der Waals surface area contributed by atoms with Gasteiger partial charge in [-0.3, -0.25) is 19.8 Å². The van der Waals surface area contributed by atoms with Crippen LogP contribution in [0.2, 0.25) is 0 Å². The molecule has 0 unspecified atom stereocenters. The molecule has 5 rings (SSSR count). The first kappa shape index (κ1) is 24.8. The highest BCUT2D eigenvalue weighted by Crippen LogP contribution is 2.29. The summed E-state index contributed by atoms with van der Waals surface area (Å²) < 4.78 is 27.1. The molecule has 192 valence electrons. The minimum atomic E-state index is -2.61. The molecule has 1 amide bonds. The maximum atomic E-state index is 13.6. The number of carbonyl (C=O) groups excluding carboxylic acids is 1. The number of amides is 1. The van der Waals surface area contributed by atoms with E-state index in [4.69, 9.17) is 0 Å². The van der Waals surface area contributed by atoms with E-state index in [0.29, 0.717) is 24.7 Å². The van der Waals surface area contributed by atoms with Crippen LogP contribution >= 0.6 is 0 Å². The zero-order valence-electron chi connectivity index (χ0n) is 20.9. The summed E-state index contributed by atoms with van der Waals surface area (Å²) >= 11 is 0. The summed E-state index contributed by atoms with van der Waals surface area (Å²) in [7, 11) is 0. The van der Waals surface area contributed by atoms with Gasteiger partial charge >= 0.3 is 0 Å². The average molecular weight is 497 g/mol. The largest absolute Gasteiger partial charge is 0.348 e. The molecule has 2 saturated heterocycles. The normalized spacial score (nSPS) is 19.4. The van der Waals surface area contributed by atoms with Crippen molar-refractivity contribution in [1.29, 1.82) is 0 Å². The molecule has 9 heteroatoms. The van der Waals surface area contributed by atoms with Gasteiger partial charge in [0, 0.05) is 68.5 Å². The Hall–Kier alpha value is -2.91. The third kappa shape index (κ3) is 5.73. The van der Waals surface area contributed by atoms with Gasteiger partial charge in [-0.05, 0) is 48.1 Å². The van der Waals surface area contributed by atoms with Crippen LogP contribution in [0.1, 0.15) is 49.2 Å². The summed E-state index contributed by atoms with van der Waals surface area (Å²) in [5.74, 6) is -2.14. The Morgan fingerprint density at radius 2 is 1.94 bits per heavy atom. The minimum Gasteiger partial charge on any atom is -0.348 e. The summed E-state index contributed by atoms with van der Waals surface area (Å²) in [6.45, 7) is 8.14. The zero-order chi connectivity index (χ0) is 25.3. The lowest BCUT2D eigenvalue weighted by atomic mass is 10.0. The smallest absolute Gasteiger partial charge is 0.272 e. The topological polar surface area (TPSA) is 77.1 Å². The molecule has 2 fully saturated rings. The summed E-state index contributed by atoms with van der Waals surface area (Å²) in [6.07, 6.45) is 5.26. The maximum Gasteiger partial charge on any atom is 0.272 e. The monoisotopic (exact) mass is 496 g/mol. The number of alkyl halides is 2. The molecule has 2 aliphatic heterocycles. The second kappa shape index (κ2) is 10.2. The van der Waals surface area contributed by atoms with Crippen molar-refractivity contribution in [3.63, 3.8) is 0 Å². The van der Waals surface area contributed by atoms with Gasteiger partial charge in [0.1, 0.15) is 0 Å². The number of piperidine rings is 1. The summed E-state index contributed by atoms with van der Waals surface area (Å²) in [5.41, 5.74) is 3.85. The fourth-order valence-electron chi connectivity index (χ4n) is 5.33. The molecular formula is C27H34F2N6O. The van der Waals surface area contributed by atoms with Crippen molar-refractivity contribution in [3.05, 3.63) is 47.9 Å². The van der Waals surface area contributed by atoms with E-state index < -0.39 is 5.92 Å². The van der Waals surface area contributed by atoms with Crippen molar-refractivity contribution in [2.24, 2.45) is 5.92 Å². The van der Waals surface area contributed by atoms with Gasteiger partial charge in [-0.1, -0.05) is 19.9 Å². The number of aromatic nitrogens is 3. The number of hydrogen-bond donors (Lipinski definition) is 2. The number of fused-ring (bicyclic) bond motifs is 1. The molecule has 2 aliphatic rings. The Bertz CT molecular complexity index is 1220. The molecule has 0 radical (unpaired) electrons. The van der Waals surface area contributed by atoms with Gasteiger partial charge in [0.2, 0.25) is 0 Å². The molecule has 1 aromatic carbocycles. The molecular weight excluding hydrogens is 462 g/mol. The van der Waals surface area contributed by atoms with Gasteiger partial charge < -0.3 is 10.2 Å². The number of H-pyrrole nitrogens is 1. The van der Waals surface area contributed by atoms with E-state index in [9.17, 15) is 13.6 Å². The van der Waals surface area contributed by atoms with Gasteiger partial charge in [-0.15, -0.1) is 0 Å². The number of hydrogen-bond acceptors (Lipinski definition) is 5. The second-order valence-corrected chi connectivity index (χ2v) is 10.7. The van der Waals surface area contributed by atoms with Gasteiger partial charge in [0.15, 0.2) is 5.69 Å². The van der Waals surface area contributed by atoms with Crippen LogP contribution in [-0.4, -0.2) is 75.6 Å². The Labute approximate surface area is 210 Å². The van der Waals surface area contributed by atoms with Crippen molar-refractivity contribution < 1.29 is 13.6 Å². The SMILES string of the molecule is CC(C)CN1CCC(NC(=O)c2n[nH]c3ccc(-c4cncc(CN5CCC(F)(F)C5)c4)cc23)CC1. The standard InChI is InChI=1S/C27H34F2N6O/c1-18(2)15-34-8-5-22(6-9-34)31-26(36)25-23-12-20(3-4-24(23)32-33-25)21-11-19(13-30-14-21)16-35-10-7-27(28,29)17-35/h3-4,11-14,18,22H,5-10,15-17H2,1-2H3,(H,31,36)(H,32,33). The molecule has 0 saturated carbocycles. The van der Waals surface area contributed by atoms with Crippen molar-refractivity contribution in [2.75, 3.05) is 32.7 Å². The summed E-state index contributed by atoms with van der Waals surface area (Å²) in [4.78, 5) is 21.7. The van der Waals surface area contributed by atoms with Gasteiger partial charge in [-0.2, -0.15) is 5.10 Å². The number of halogens is 2. The fraction of sp³-hybridized carbons (Fsp3) is 0.519. The Morgan fingerprint density at radius 3 is 2.67 bits per heavy atom. The van der Waals surface area contributed by atoms with E-state index in [1.54, 1.807) is 17.3 Å². The number of carbonyl (C=O) groups is 1. The molecule has 3 aromatic rings. The molecule has 0 aliphatic carbocycles. The van der Waals surface area contributed by atoms with E-state index in [-0.39, 0.29) is 24.9 Å². The van der Waals surface area contributed by atoms with E-state index in [0.717, 1.165) is 60.1 Å². The number of likely N-dealkylation sites (tertiary alicyclic amines) is 2. The van der Waals surface area contributed by atoms with Crippen molar-refractivity contribution in [3.8, 4) is 11.1 Å². The molecule has 4 heterocycles. The van der Waals surface area contributed by atoms with Gasteiger partial charge in [0.05, 0.1) is 12.1 Å². The molecule has 0 bridgehead atoms. The second-order valence-electron chi connectivity index (χ2n) is 10.7. The van der Waals surface area contributed by atoms with Crippen LogP contribution in [0.25, 0.3) is 22.0 Å².